The molecule has 2 aromatic carbocycles. The average Bonchev–Trinajstić information content (AvgIpc) is 2.68. The summed E-state index contributed by atoms with van der Waals surface area (Å²) in [5.41, 5.74) is 14.9. The molecule has 0 bridgehead atoms. The van der Waals surface area contributed by atoms with E-state index in [2.05, 4.69) is 87.8 Å². The average molecular weight is 393 g/mol. The Morgan fingerprint density at radius 3 is 2.46 bits per heavy atom. The Kier molecular flexibility index (Phi) is 8.01. The topological polar surface area (TPSA) is 38.0 Å². The van der Waals surface area contributed by atoms with Crippen molar-refractivity contribution in [3.05, 3.63) is 88.1 Å². The van der Waals surface area contributed by atoms with Crippen molar-refractivity contribution in [2.24, 2.45) is 5.73 Å². The molecule has 0 amide bonds. The summed E-state index contributed by atoms with van der Waals surface area (Å²) in [5.74, 6) is 0. The highest BCUT2D eigenvalue weighted by molar-refractivity contribution is 7.84. The first-order valence-electron chi connectivity index (χ1n) is 9.72. The Morgan fingerprint density at radius 1 is 1.07 bits per heavy atom. The Bertz CT molecular complexity index is 907. The summed E-state index contributed by atoms with van der Waals surface area (Å²) >= 11 is 4.56. The van der Waals surface area contributed by atoms with Crippen LogP contribution in [-0.4, -0.2) is 0 Å². The predicted molar refractivity (Wildman–Crippen MR) is 128 cm³/mol. The zero-order chi connectivity index (χ0) is 20.7. The maximum absolute atomic E-state index is 5.58. The third kappa shape index (κ3) is 6.07. The molecule has 0 aliphatic heterocycles. The maximum Gasteiger partial charge on any atom is 0.0417 e. The van der Waals surface area contributed by atoms with Crippen molar-refractivity contribution < 1.29 is 0 Å². The fourth-order valence-electron chi connectivity index (χ4n) is 3.11. The summed E-state index contributed by atoms with van der Waals surface area (Å²) in [5, 5.41) is 3.51. The number of nitrogens with two attached hydrogens (primary N) is 1. The minimum absolute atomic E-state index is 0.915. The van der Waals surface area contributed by atoms with Gasteiger partial charge in [-0.3, -0.25) is 0 Å². The van der Waals surface area contributed by atoms with Gasteiger partial charge in [0.15, 0.2) is 0 Å². The molecule has 0 radical (unpaired) electrons. The van der Waals surface area contributed by atoms with Crippen LogP contribution in [0.4, 0.5) is 5.69 Å². The molecule has 148 valence electrons. The zero-order valence-electron chi connectivity index (χ0n) is 17.5. The molecule has 3 heteroatoms. The van der Waals surface area contributed by atoms with E-state index < -0.39 is 0 Å². The van der Waals surface area contributed by atoms with Crippen LogP contribution >= 0.6 is 12.6 Å². The van der Waals surface area contributed by atoms with Gasteiger partial charge in [0.05, 0.1) is 0 Å². The van der Waals surface area contributed by atoms with Gasteiger partial charge in [0.2, 0.25) is 0 Å². The number of nitrogens with one attached hydrogen (secondary N) is 1. The van der Waals surface area contributed by atoms with Crippen LogP contribution in [-0.2, 0) is 0 Å². The highest BCUT2D eigenvalue weighted by Gasteiger charge is 2.06. The second-order valence-corrected chi connectivity index (χ2v) is 7.91. The molecule has 2 aromatic rings. The van der Waals surface area contributed by atoms with Crippen molar-refractivity contribution in [2.45, 2.75) is 47.0 Å². The molecule has 0 atom stereocenters. The van der Waals surface area contributed by atoms with Crippen LogP contribution < -0.4 is 11.1 Å². The van der Waals surface area contributed by atoms with Gasteiger partial charge in [-0.05, 0) is 81.5 Å². The third-order valence-electron chi connectivity index (χ3n) is 4.96. The van der Waals surface area contributed by atoms with Crippen molar-refractivity contribution in [1.82, 2.24) is 0 Å². The summed E-state index contributed by atoms with van der Waals surface area (Å²) in [6, 6.07) is 15.1. The smallest absolute Gasteiger partial charge is 0.0417 e. The van der Waals surface area contributed by atoms with Crippen molar-refractivity contribution in [3.63, 3.8) is 0 Å². The minimum atomic E-state index is 0.915. The van der Waals surface area contributed by atoms with E-state index >= 15 is 0 Å². The second-order valence-electron chi connectivity index (χ2n) is 7.46. The van der Waals surface area contributed by atoms with Gasteiger partial charge in [-0.15, -0.1) is 12.6 Å². The highest BCUT2D eigenvalue weighted by atomic mass is 32.1. The number of benzene rings is 2. The van der Waals surface area contributed by atoms with Crippen molar-refractivity contribution >= 4 is 18.3 Å². The Morgan fingerprint density at radius 2 is 1.79 bits per heavy atom. The van der Waals surface area contributed by atoms with E-state index in [-0.39, 0.29) is 0 Å². The number of hydrogen-bond donors (Lipinski definition) is 3. The lowest BCUT2D eigenvalue weighted by atomic mass is 10.0. The molecular weight excluding hydrogens is 360 g/mol. The lowest BCUT2D eigenvalue weighted by molar-refractivity contribution is 0.806. The van der Waals surface area contributed by atoms with E-state index in [0.717, 1.165) is 41.1 Å². The summed E-state index contributed by atoms with van der Waals surface area (Å²) in [6.45, 7) is 12.6. The fraction of sp³-hybridized carbons (Fsp3) is 0.280. The van der Waals surface area contributed by atoms with E-state index in [1.807, 2.05) is 6.92 Å². The van der Waals surface area contributed by atoms with E-state index in [9.17, 15) is 0 Å². The Hall–Kier alpha value is -2.39. The third-order valence-corrected chi connectivity index (χ3v) is 5.69. The standard InChI is InChI=1S/C25H32N2S/c1-17-8-6-11-22(14-17)23-13-12-18(2)24(15-23)27-21(5)10-7-9-19(3)25(28)20(4)16-26/h6,8,11-16,27-28H,5,7,9-10,26H2,1-4H3/b20-16-,25-19+. The van der Waals surface area contributed by atoms with Gasteiger partial charge in [0.1, 0.15) is 0 Å². The molecule has 2 nitrogen and oxygen atoms in total. The lowest BCUT2D eigenvalue weighted by Crippen LogP contribution is -2.01. The van der Waals surface area contributed by atoms with Crippen LogP contribution in [0.2, 0.25) is 0 Å². The van der Waals surface area contributed by atoms with E-state index in [1.54, 1.807) is 6.20 Å². The molecule has 0 aromatic heterocycles. The first-order chi connectivity index (χ1) is 13.3. The predicted octanol–water partition coefficient (Wildman–Crippen LogP) is 7.13. The van der Waals surface area contributed by atoms with Crippen LogP contribution in [0.1, 0.15) is 44.2 Å². The molecule has 0 spiro atoms. The summed E-state index contributed by atoms with van der Waals surface area (Å²) < 4.78 is 0. The Labute approximate surface area is 175 Å². The number of anilines is 1. The second kappa shape index (κ2) is 10.2. The summed E-state index contributed by atoms with van der Waals surface area (Å²) in [6.07, 6.45) is 4.53. The first kappa shape index (κ1) is 21.9. The number of hydrogen-bond acceptors (Lipinski definition) is 3. The normalized spacial score (nSPS) is 12.5. The van der Waals surface area contributed by atoms with E-state index in [4.69, 9.17) is 5.73 Å². The van der Waals surface area contributed by atoms with Gasteiger partial charge >= 0.3 is 0 Å². The molecule has 0 fully saturated rings. The van der Waals surface area contributed by atoms with Crippen LogP contribution in [0.15, 0.2) is 77.0 Å². The number of thiol groups is 1. The Balaban J connectivity index is 2.01. The maximum atomic E-state index is 5.58. The molecule has 0 unspecified atom stereocenters. The molecule has 0 aliphatic rings. The monoisotopic (exact) mass is 392 g/mol. The van der Waals surface area contributed by atoms with Gasteiger partial charge < -0.3 is 11.1 Å². The molecule has 28 heavy (non-hydrogen) atoms. The molecule has 2 rings (SSSR count). The largest absolute Gasteiger partial charge is 0.404 e. The van der Waals surface area contributed by atoms with Gasteiger partial charge in [-0.1, -0.05) is 54.1 Å². The van der Waals surface area contributed by atoms with Gasteiger partial charge in [-0.25, -0.2) is 0 Å². The number of aryl methyl sites for hydroxylation is 2. The van der Waals surface area contributed by atoms with E-state index in [0.29, 0.717) is 0 Å². The molecular formula is C25H32N2S. The highest BCUT2D eigenvalue weighted by Crippen LogP contribution is 2.28. The van der Waals surface area contributed by atoms with Gasteiger partial charge in [0.25, 0.3) is 0 Å². The first-order valence-corrected chi connectivity index (χ1v) is 10.2. The minimum Gasteiger partial charge on any atom is -0.404 e. The molecule has 3 N–H and O–H groups in total. The molecule has 0 saturated carbocycles. The SMILES string of the molecule is C=C(CCC/C(C)=C(S)\C(C)=C/N)Nc1cc(-c2cccc(C)c2)ccc1C. The van der Waals surface area contributed by atoms with Crippen LogP contribution in [0, 0.1) is 13.8 Å². The van der Waals surface area contributed by atoms with Gasteiger partial charge in [-0.2, -0.15) is 0 Å². The van der Waals surface area contributed by atoms with E-state index in [1.165, 1.54) is 27.8 Å². The molecule has 0 saturated heterocycles. The van der Waals surface area contributed by atoms with Crippen LogP contribution in [0.25, 0.3) is 11.1 Å². The van der Waals surface area contributed by atoms with Crippen LogP contribution in [0.3, 0.4) is 0 Å². The zero-order valence-corrected chi connectivity index (χ0v) is 18.4. The molecule has 0 aliphatic carbocycles. The lowest BCUT2D eigenvalue weighted by Gasteiger charge is -2.15. The van der Waals surface area contributed by atoms with Crippen LogP contribution in [0.5, 0.6) is 0 Å². The fourth-order valence-corrected chi connectivity index (χ4v) is 3.30. The summed E-state index contributed by atoms with van der Waals surface area (Å²) in [4.78, 5) is 0.989. The van der Waals surface area contributed by atoms with Crippen molar-refractivity contribution in [2.75, 3.05) is 5.32 Å². The number of allylic oxidation sites excluding steroid dienone is 3. The summed E-state index contributed by atoms with van der Waals surface area (Å²) in [7, 11) is 0. The van der Waals surface area contributed by atoms with Gasteiger partial charge in [0, 0.05) is 16.3 Å². The van der Waals surface area contributed by atoms with Crippen molar-refractivity contribution in [1.29, 1.82) is 0 Å². The number of rotatable bonds is 8. The van der Waals surface area contributed by atoms with Crippen molar-refractivity contribution in [3.8, 4) is 11.1 Å². The quantitative estimate of drug-likeness (QED) is 0.330. The molecule has 0 heterocycles.